The van der Waals surface area contributed by atoms with Crippen LogP contribution in [-0.4, -0.2) is 43.1 Å². The van der Waals surface area contributed by atoms with E-state index < -0.39 is 6.61 Å². The van der Waals surface area contributed by atoms with E-state index in [-0.39, 0.29) is 29.9 Å². The largest absolute Gasteiger partial charge is 0.496 e. The van der Waals surface area contributed by atoms with Crippen LogP contribution < -0.4 is 4.74 Å². The van der Waals surface area contributed by atoms with Gasteiger partial charge in [0, 0.05) is 17.5 Å². The Morgan fingerprint density at radius 3 is 2.57 bits per heavy atom. The van der Waals surface area contributed by atoms with Gasteiger partial charge in [-0.1, -0.05) is 32.9 Å². The fourth-order valence-electron chi connectivity index (χ4n) is 1.93. The van der Waals surface area contributed by atoms with E-state index >= 15 is 0 Å². The first-order valence-electron chi connectivity index (χ1n) is 7.58. The van der Waals surface area contributed by atoms with E-state index in [1.807, 2.05) is 0 Å². The molecule has 1 aromatic carbocycles. The van der Waals surface area contributed by atoms with Crippen LogP contribution in [0.1, 0.15) is 43.1 Å². The topological polar surface area (TPSA) is 76.0 Å². The van der Waals surface area contributed by atoms with Crippen molar-refractivity contribution in [2.45, 2.75) is 33.6 Å². The number of ketones is 2. The Bertz CT molecular complexity index is 585. The number of aliphatic hydroxyl groups excluding tert-OH is 1. The molecule has 23 heavy (non-hydrogen) atoms. The van der Waals surface area contributed by atoms with Crippen LogP contribution in [0.15, 0.2) is 23.2 Å². The van der Waals surface area contributed by atoms with Crippen molar-refractivity contribution in [2.24, 2.45) is 10.4 Å². The zero-order valence-corrected chi connectivity index (χ0v) is 14.3. The number of nitrogens with zero attached hydrogens (tertiary/aromatic N) is 1. The van der Waals surface area contributed by atoms with Gasteiger partial charge in [0.1, 0.15) is 12.4 Å². The van der Waals surface area contributed by atoms with Crippen LogP contribution in [0.5, 0.6) is 5.75 Å². The van der Waals surface area contributed by atoms with Crippen molar-refractivity contribution in [2.75, 3.05) is 20.3 Å². The van der Waals surface area contributed by atoms with Crippen LogP contribution in [0, 0.1) is 5.41 Å². The van der Waals surface area contributed by atoms with Gasteiger partial charge in [-0.3, -0.25) is 14.6 Å². The second-order valence-electron chi connectivity index (χ2n) is 6.61. The molecule has 0 saturated carbocycles. The first kappa shape index (κ1) is 19.0. The molecular formula is C18H25NO4. The quantitative estimate of drug-likeness (QED) is 0.590. The first-order valence-corrected chi connectivity index (χ1v) is 7.58. The van der Waals surface area contributed by atoms with E-state index in [1.54, 1.807) is 24.4 Å². The van der Waals surface area contributed by atoms with E-state index in [0.29, 0.717) is 16.9 Å². The van der Waals surface area contributed by atoms with Gasteiger partial charge in [-0.15, -0.1) is 0 Å². The summed E-state index contributed by atoms with van der Waals surface area (Å²) in [5, 5.41) is 8.88. The average Bonchev–Trinajstić information content (AvgIpc) is 2.50. The Kier molecular flexibility index (Phi) is 7.10. The second kappa shape index (κ2) is 8.58. The van der Waals surface area contributed by atoms with Crippen LogP contribution in [0.2, 0.25) is 0 Å². The molecular weight excluding hydrogens is 294 g/mol. The van der Waals surface area contributed by atoms with Gasteiger partial charge in [0.15, 0.2) is 11.6 Å². The maximum atomic E-state index is 12.0. The number of ether oxygens (including phenoxy) is 1. The molecule has 0 aliphatic carbocycles. The number of hydrogen-bond donors (Lipinski definition) is 1. The van der Waals surface area contributed by atoms with Crippen LogP contribution in [-0.2, 0) is 11.2 Å². The molecule has 126 valence electrons. The smallest absolute Gasteiger partial charge is 0.188 e. The van der Waals surface area contributed by atoms with Crippen molar-refractivity contribution < 1.29 is 19.4 Å². The lowest BCUT2D eigenvalue weighted by Crippen LogP contribution is -2.10. The highest BCUT2D eigenvalue weighted by atomic mass is 16.5. The minimum atomic E-state index is -0.552. The Hall–Kier alpha value is -2.01. The molecule has 1 rings (SSSR count). The molecule has 0 unspecified atom stereocenters. The van der Waals surface area contributed by atoms with Crippen LogP contribution in [0.3, 0.4) is 0 Å². The summed E-state index contributed by atoms with van der Waals surface area (Å²) in [4.78, 5) is 27.6. The molecule has 5 nitrogen and oxygen atoms in total. The number of aliphatic imine (C=N–C) groups is 1. The van der Waals surface area contributed by atoms with Crippen molar-refractivity contribution in [1.82, 2.24) is 0 Å². The van der Waals surface area contributed by atoms with E-state index in [1.165, 1.54) is 7.11 Å². The normalized spacial score (nSPS) is 11.7. The third kappa shape index (κ3) is 6.74. The van der Waals surface area contributed by atoms with Gasteiger partial charge in [0.2, 0.25) is 0 Å². The number of hydrogen-bond acceptors (Lipinski definition) is 5. The zero-order valence-electron chi connectivity index (χ0n) is 14.3. The maximum absolute atomic E-state index is 12.0. The highest BCUT2D eigenvalue weighted by Crippen LogP contribution is 2.21. The van der Waals surface area contributed by atoms with Gasteiger partial charge in [-0.05, 0) is 24.1 Å². The summed E-state index contributed by atoms with van der Waals surface area (Å²) in [7, 11) is 1.48. The second-order valence-corrected chi connectivity index (χ2v) is 6.61. The van der Waals surface area contributed by atoms with Gasteiger partial charge in [-0.25, -0.2) is 0 Å². The number of Topliss-reactive ketones (excluding diaryl/α,β-unsaturated/α-hetero) is 2. The SMILES string of the molecule is COc1cc(C(=O)CO)ccc1CC(=O)CN=CCC(C)(C)C. The molecule has 0 aliphatic rings. The minimum Gasteiger partial charge on any atom is -0.496 e. The van der Waals surface area contributed by atoms with Crippen LogP contribution in [0.25, 0.3) is 0 Å². The maximum Gasteiger partial charge on any atom is 0.188 e. The van der Waals surface area contributed by atoms with Gasteiger partial charge in [-0.2, -0.15) is 0 Å². The third-order valence-electron chi connectivity index (χ3n) is 3.24. The van der Waals surface area contributed by atoms with Crippen LogP contribution in [0.4, 0.5) is 0 Å². The van der Waals surface area contributed by atoms with E-state index in [4.69, 9.17) is 9.84 Å². The lowest BCUT2D eigenvalue weighted by molar-refractivity contribution is -0.117. The molecule has 0 aliphatic heterocycles. The molecule has 1 aromatic rings. The lowest BCUT2D eigenvalue weighted by Gasteiger charge is -2.13. The van der Waals surface area contributed by atoms with Crippen LogP contribution >= 0.6 is 0 Å². The van der Waals surface area contributed by atoms with Gasteiger partial charge < -0.3 is 9.84 Å². The number of carbonyl (C=O) groups is 2. The van der Waals surface area contributed by atoms with Crippen molar-refractivity contribution in [1.29, 1.82) is 0 Å². The summed E-state index contributed by atoms with van der Waals surface area (Å²) in [6.45, 7) is 5.92. The summed E-state index contributed by atoms with van der Waals surface area (Å²) in [6.07, 6.45) is 2.81. The Balaban J connectivity index is 2.69. The zero-order chi connectivity index (χ0) is 17.5. The molecule has 0 bridgehead atoms. The Morgan fingerprint density at radius 1 is 1.30 bits per heavy atom. The monoisotopic (exact) mass is 319 g/mol. The Labute approximate surface area is 137 Å². The van der Waals surface area contributed by atoms with Crippen molar-refractivity contribution in [3.8, 4) is 5.75 Å². The molecule has 0 radical (unpaired) electrons. The molecule has 0 saturated heterocycles. The van der Waals surface area contributed by atoms with E-state index in [0.717, 1.165) is 6.42 Å². The summed E-state index contributed by atoms with van der Waals surface area (Å²) < 4.78 is 5.23. The van der Waals surface area contributed by atoms with Gasteiger partial charge in [0.25, 0.3) is 0 Å². The summed E-state index contributed by atoms with van der Waals surface area (Å²) in [5.41, 5.74) is 1.23. The fraction of sp³-hybridized carbons (Fsp3) is 0.500. The molecule has 5 heteroatoms. The van der Waals surface area contributed by atoms with Crippen molar-refractivity contribution in [3.05, 3.63) is 29.3 Å². The lowest BCUT2D eigenvalue weighted by atomic mass is 9.93. The summed E-state index contributed by atoms with van der Waals surface area (Å²) in [5.74, 6) is 0.0685. The van der Waals surface area contributed by atoms with E-state index in [2.05, 4.69) is 25.8 Å². The first-order chi connectivity index (χ1) is 10.8. The minimum absolute atomic E-state index is 0.0188. The molecule has 0 aromatic heterocycles. The third-order valence-corrected chi connectivity index (χ3v) is 3.24. The molecule has 1 N–H and O–H groups in total. The molecule has 0 atom stereocenters. The molecule has 0 fully saturated rings. The fourth-order valence-corrected chi connectivity index (χ4v) is 1.93. The van der Waals surface area contributed by atoms with Gasteiger partial charge >= 0.3 is 0 Å². The number of aliphatic hydroxyl groups is 1. The highest BCUT2D eigenvalue weighted by Gasteiger charge is 2.12. The predicted octanol–water partition coefficient (Wildman–Crippen LogP) is 2.49. The number of rotatable bonds is 8. The standard InChI is InChI=1S/C18H25NO4/c1-18(2,3)7-8-19-11-15(21)9-14-6-5-13(16(22)12-20)10-17(14)23-4/h5-6,8,10,20H,7,9,11-12H2,1-4H3. The van der Waals surface area contributed by atoms with Crippen molar-refractivity contribution >= 4 is 17.8 Å². The van der Waals surface area contributed by atoms with Crippen molar-refractivity contribution in [3.63, 3.8) is 0 Å². The summed E-state index contributed by atoms with van der Waals surface area (Å²) >= 11 is 0. The molecule has 0 heterocycles. The molecule has 0 amide bonds. The summed E-state index contributed by atoms with van der Waals surface area (Å²) in [6, 6.07) is 4.81. The van der Waals surface area contributed by atoms with Gasteiger partial charge in [0.05, 0.1) is 13.7 Å². The highest BCUT2D eigenvalue weighted by molar-refractivity contribution is 5.97. The Morgan fingerprint density at radius 2 is 2.00 bits per heavy atom. The number of benzene rings is 1. The number of methoxy groups -OCH3 is 1. The molecule has 0 spiro atoms. The average molecular weight is 319 g/mol. The van der Waals surface area contributed by atoms with E-state index in [9.17, 15) is 9.59 Å². The number of carbonyl (C=O) groups excluding carboxylic acids is 2. The predicted molar refractivity (Wildman–Crippen MR) is 90.6 cm³/mol.